The number of hydrogen-bond donors (Lipinski definition) is 0. The predicted octanol–water partition coefficient (Wildman–Crippen LogP) is 4.56. The molecule has 0 N–H and O–H groups in total. The Bertz CT molecular complexity index is 1010. The van der Waals surface area contributed by atoms with Crippen LogP contribution in [0.2, 0.25) is 0 Å². The summed E-state index contributed by atoms with van der Waals surface area (Å²) in [4.78, 5) is 9.69. The maximum Gasteiger partial charge on any atom is 0.0589 e. The molecule has 1 saturated heterocycles. The first kappa shape index (κ1) is 21.6. The summed E-state index contributed by atoms with van der Waals surface area (Å²) in [6.45, 7) is 6.34. The third-order valence-electron chi connectivity index (χ3n) is 7.39. The average Bonchev–Trinajstić information content (AvgIpc) is 3.27. The van der Waals surface area contributed by atoms with E-state index in [1.54, 1.807) is 11.1 Å². The van der Waals surface area contributed by atoms with Crippen molar-refractivity contribution in [3.63, 3.8) is 0 Å². The molecular formula is C28H35N3O. The van der Waals surface area contributed by atoms with Gasteiger partial charge in [0.2, 0.25) is 0 Å². The van der Waals surface area contributed by atoms with Crippen LogP contribution in [0.25, 0.3) is 10.8 Å². The molecule has 0 radical (unpaired) electrons. The van der Waals surface area contributed by atoms with Gasteiger partial charge >= 0.3 is 0 Å². The molecule has 5 rings (SSSR count). The van der Waals surface area contributed by atoms with Crippen molar-refractivity contribution in [3.05, 3.63) is 77.6 Å². The minimum absolute atomic E-state index is 0.688. The van der Waals surface area contributed by atoms with Gasteiger partial charge in [0.25, 0.3) is 0 Å². The van der Waals surface area contributed by atoms with Gasteiger partial charge < -0.3 is 4.74 Å². The van der Waals surface area contributed by atoms with Crippen molar-refractivity contribution in [1.29, 1.82) is 0 Å². The second-order valence-electron chi connectivity index (χ2n) is 9.58. The molecule has 1 atom stereocenters. The van der Waals surface area contributed by atoms with Crippen molar-refractivity contribution in [2.75, 3.05) is 39.9 Å². The highest BCUT2D eigenvalue weighted by Gasteiger charge is 2.31. The van der Waals surface area contributed by atoms with Gasteiger partial charge in [-0.15, -0.1) is 0 Å². The Morgan fingerprint density at radius 1 is 1.06 bits per heavy atom. The summed E-state index contributed by atoms with van der Waals surface area (Å²) in [6, 6.07) is 18.5. The smallest absolute Gasteiger partial charge is 0.0589 e. The molecule has 4 nitrogen and oxygen atoms in total. The Balaban J connectivity index is 1.25. The first-order valence-corrected chi connectivity index (χ1v) is 12.1. The Morgan fingerprint density at radius 2 is 1.91 bits per heavy atom. The average molecular weight is 430 g/mol. The Labute approximate surface area is 192 Å². The van der Waals surface area contributed by atoms with Gasteiger partial charge in [-0.25, -0.2) is 0 Å². The van der Waals surface area contributed by atoms with Gasteiger partial charge in [-0.2, -0.15) is 0 Å². The topological polar surface area (TPSA) is 28.6 Å². The molecule has 2 aliphatic rings. The summed E-state index contributed by atoms with van der Waals surface area (Å²) in [7, 11) is 1.81. The van der Waals surface area contributed by atoms with Crippen LogP contribution in [0.1, 0.15) is 29.5 Å². The van der Waals surface area contributed by atoms with Crippen LogP contribution in [0, 0.1) is 5.92 Å². The molecule has 1 aromatic heterocycles. The molecule has 0 spiro atoms. The molecule has 0 amide bonds. The zero-order valence-corrected chi connectivity index (χ0v) is 19.2. The van der Waals surface area contributed by atoms with Crippen molar-refractivity contribution in [2.45, 2.75) is 38.3 Å². The molecular weight excluding hydrogens is 394 g/mol. The fourth-order valence-corrected chi connectivity index (χ4v) is 5.76. The van der Waals surface area contributed by atoms with Crippen LogP contribution in [0.3, 0.4) is 0 Å². The third kappa shape index (κ3) is 4.88. The van der Waals surface area contributed by atoms with Gasteiger partial charge in [0.05, 0.1) is 6.61 Å². The second-order valence-corrected chi connectivity index (χ2v) is 9.58. The highest BCUT2D eigenvalue weighted by atomic mass is 16.5. The fraction of sp³-hybridized carbons (Fsp3) is 0.464. The summed E-state index contributed by atoms with van der Waals surface area (Å²) >= 11 is 0. The minimum Gasteiger partial charge on any atom is -0.383 e. The summed E-state index contributed by atoms with van der Waals surface area (Å²) in [5.74, 6) is 0.723. The molecule has 0 unspecified atom stereocenters. The monoisotopic (exact) mass is 429 g/mol. The molecule has 32 heavy (non-hydrogen) atoms. The first-order chi connectivity index (χ1) is 15.8. The third-order valence-corrected chi connectivity index (χ3v) is 7.39. The van der Waals surface area contributed by atoms with Crippen LogP contribution >= 0.6 is 0 Å². The maximum absolute atomic E-state index is 5.46. The number of rotatable bonds is 8. The van der Waals surface area contributed by atoms with E-state index in [1.165, 1.54) is 55.1 Å². The molecule has 2 heterocycles. The van der Waals surface area contributed by atoms with Gasteiger partial charge in [-0.3, -0.25) is 14.8 Å². The number of likely N-dealkylation sites (tertiary alicyclic amines) is 1. The SMILES string of the molecule is COCCN(Cc1cccc2cnccc12)C[C@@H]1CCCN(C2Cc3ccccc3C2)C1. The zero-order chi connectivity index (χ0) is 21.8. The summed E-state index contributed by atoms with van der Waals surface area (Å²) < 4.78 is 5.46. The second kappa shape index (κ2) is 10.1. The highest BCUT2D eigenvalue weighted by molar-refractivity contribution is 5.84. The van der Waals surface area contributed by atoms with Gasteiger partial charge in [0.1, 0.15) is 0 Å². The van der Waals surface area contributed by atoms with Crippen LogP contribution in [0.4, 0.5) is 0 Å². The van der Waals surface area contributed by atoms with Gasteiger partial charge in [-0.1, -0.05) is 42.5 Å². The highest BCUT2D eigenvalue weighted by Crippen LogP contribution is 2.29. The van der Waals surface area contributed by atoms with E-state index in [4.69, 9.17) is 4.74 Å². The number of piperidine rings is 1. The number of methoxy groups -OCH3 is 1. The number of ether oxygens (including phenoxy) is 1. The summed E-state index contributed by atoms with van der Waals surface area (Å²) in [5.41, 5.74) is 4.51. The lowest BCUT2D eigenvalue weighted by atomic mass is 9.95. The molecule has 0 bridgehead atoms. The van der Waals surface area contributed by atoms with Crippen LogP contribution in [0.5, 0.6) is 0 Å². The van der Waals surface area contributed by atoms with E-state index < -0.39 is 0 Å². The van der Waals surface area contributed by atoms with Gasteiger partial charge in [0.15, 0.2) is 0 Å². The normalized spacial score (nSPS) is 19.6. The van der Waals surface area contributed by atoms with Crippen LogP contribution in [0.15, 0.2) is 60.9 Å². The van der Waals surface area contributed by atoms with E-state index in [9.17, 15) is 0 Å². The van der Waals surface area contributed by atoms with E-state index in [1.807, 2.05) is 19.5 Å². The van der Waals surface area contributed by atoms with Crippen molar-refractivity contribution in [1.82, 2.24) is 14.8 Å². The number of fused-ring (bicyclic) bond motifs is 2. The Morgan fingerprint density at radius 3 is 2.72 bits per heavy atom. The van der Waals surface area contributed by atoms with Gasteiger partial charge in [0, 0.05) is 57.1 Å². The molecule has 1 aliphatic heterocycles. The van der Waals surface area contributed by atoms with Crippen LogP contribution in [-0.4, -0.2) is 60.7 Å². The van der Waals surface area contributed by atoms with E-state index >= 15 is 0 Å². The van der Waals surface area contributed by atoms with Crippen molar-refractivity contribution in [2.24, 2.45) is 5.92 Å². The van der Waals surface area contributed by atoms with E-state index in [2.05, 4.69) is 63.3 Å². The number of hydrogen-bond acceptors (Lipinski definition) is 4. The summed E-state index contributed by atoms with van der Waals surface area (Å²) in [5, 5.41) is 2.54. The van der Waals surface area contributed by atoms with Gasteiger partial charge in [-0.05, 0) is 66.3 Å². The molecule has 2 aromatic carbocycles. The zero-order valence-electron chi connectivity index (χ0n) is 19.2. The maximum atomic E-state index is 5.46. The first-order valence-electron chi connectivity index (χ1n) is 12.1. The Hall–Kier alpha value is -2.27. The lowest BCUT2D eigenvalue weighted by molar-refractivity contribution is 0.0845. The van der Waals surface area contributed by atoms with Crippen LogP contribution in [-0.2, 0) is 24.1 Å². The number of pyridine rings is 1. The molecule has 1 fully saturated rings. The molecule has 1 aliphatic carbocycles. The quantitative estimate of drug-likeness (QED) is 0.525. The van der Waals surface area contributed by atoms with Crippen LogP contribution < -0.4 is 0 Å². The summed E-state index contributed by atoms with van der Waals surface area (Å²) in [6.07, 6.45) is 8.97. The lowest BCUT2D eigenvalue weighted by Crippen LogP contribution is -2.46. The Kier molecular flexibility index (Phi) is 6.82. The van der Waals surface area contributed by atoms with E-state index in [0.717, 1.165) is 32.2 Å². The molecule has 4 heteroatoms. The van der Waals surface area contributed by atoms with Crippen molar-refractivity contribution >= 4 is 10.8 Å². The largest absolute Gasteiger partial charge is 0.383 e. The predicted molar refractivity (Wildman–Crippen MR) is 131 cm³/mol. The van der Waals surface area contributed by atoms with Crippen molar-refractivity contribution in [3.8, 4) is 0 Å². The standard InChI is InChI=1S/C28H35N3O/c1-32-15-14-30(21-26-10-4-9-25-18-29-12-11-28(25)26)19-22-6-5-13-31(20-22)27-16-23-7-2-3-8-24(23)17-27/h2-4,7-12,18,22,27H,5-6,13-17,19-21H2,1H3/t22-/m0/s1. The van der Waals surface area contributed by atoms with E-state index in [-0.39, 0.29) is 0 Å². The lowest BCUT2D eigenvalue weighted by Gasteiger charge is -2.39. The molecule has 168 valence electrons. The number of benzene rings is 2. The number of aromatic nitrogens is 1. The fourth-order valence-electron chi connectivity index (χ4n) is 5.76. The number of nitrogens with zero attached hydrogens (tertiary/aromatic N) is 3. The minimum atomic E-state index is 0.688. The molecule has 3 aromatic rings. The molecule has 0 saturated carbocycles. The van der Waals surface area contributed by atoms with Crippen molar-refractivity contribution < 1.29 is 4.74 Å². The van der Waals surface area contributed by atoms with E-state index in [0.29, 0.717) is 6.04 Å².